The van der Waals surface area contributed by atoms with E-state index in [1.807, 2.05) is 25.2 Å². The number of hydrogen-bond acceptors (Lipinski definition) is 3. The van der Waals surface area contributed by atoms with Crippen LogP contribution in [0.25, 0.3) is 0 Å². The first-order chi connectivity index (χ1) is 12.5. The minimum Gasteiger partial charge on any atom is -0.489 e. The number of aryl methyl sites for hydroxylation is 1. The Morgan fingerprint density at radius 2 is 2.04 bits per heavy atom. The first kappa shape index (κ1) is 20.3. The number of nitrogens with one attached hydrogen (secondary N) is 2. The molecule has 5 nitrogen and oxygen atoms in total. The largest absolute Gasteiger partial charge is 0.489 e. The van der Waals surface area contributed by atoms with Crippen molar-refractivity contribution >= 4 is 5.96 Å². The fourth-order valence-corrected chi connectivity index (χ4v) is 3.19. The number of nitrogens with zero attached hydrogens (tertiary/aromatic N) is 2. The fraction of sp³-hybridized carbons (Fsp3) is 0.571. The zero-order chi connectivity index (χ0) is 18.9. The van der Waals surface area contributed by atoms with Crippen molar-refractivity contribution in [3.63, 3.8) is 0 Å². The van der Waals surface area contributed by atoms with Crippen LogP contribution in [0.1, 0.15) is 32.3 Å². The number of piperidine rings is 1. The number of rotatable bonds is 7. The fourth-order valence-electron chi connectivity index (χ4n) is 3.19. The Labute approximate surface area is 158 Å². The third kappa shape index (κ3) is 6.71. The molecule has 5 heteroatoms. The monoisotopic (exact) mass is 358 g/mol. The predicted molar refractivity (Wildman–Crippen MR) is 110 cm³/mol. The Hall–Kier alpha value is -2.01. The van der Waals surface area contributed by atoms with Gasteiger partial charge in [-0.05, 0) is 45.2 Å². The number of aliphatic imine (C=N–C) groups is 1. The van der Waals surface area contributed by atoms with E-state index < -0.39 is 0 Å². The normalized spacial score (nSPS) is 17.6. The Morgan fingerprint density at radius 1 is 1.35 bits per heavy atom. The van der Waals surface area contributed by atoms with Gasteiger partial charge >= 0.3 is 0 Å². The molecule has 1 atom stereocenters. The SMILES string of the molecule is C=C(C)CN1CCC(NC(=NC)NCC(C)Oc2ccccc2C)CC1. The molecule has 0 radical (unpaired) electrons. The van der Waals surface area contributed by atoms with Gasteiger partial charge in [-0.25, -0.2) is 0 Å². The van der Waals surface area contributed by atoms with Gasteiger partial charge in [0.1, 0.15) is 11.9 Å². The molecule has 1 aliphatic heterocycles. The van der Waals surface area contributed by atoms with Crippen molar-refractivity contribution in [2.45, 2.75) is 45.8 Å². The van der Waals surface area contributed by atoms with Crippen molar-refractivity contribution in [3.05, 3.63) is 42.0 Å². The summed E-state index contributed by atoms with van der Waals surface area (Å²) >= 11 is 0. The Bertz CT molecular complexity index is 606. The van der Waals surface area contributed by atoms with Crippen LogP contribution in [-0.4, -0.2) is 56.2 Å². The second-order valence-corrected chi connectivity index (χ2v) is 7.30. The Kier molecular flexibility index (Phi) is 7.98. The van der Waals surface area contributed by atoms with Crippen molar-refractivity contribution < 1.29 is 4.74 Å². The molecule has 2 N–H and O–H groups in total. The lowest BCUT2D eigenvalue weighted by Gasteiger charge is -2.33. The van der Waals surface area contributed by atoms with E-state index >= 15 is 0 Å². The second-order valence-electron chi connectivity index (χ2n) is 7.30. The van der Waals surface area contributed by atoms with E-state index in [0.717, 1.165) is 49.7 Å². The molecule has 144 valence electrons. The Balaban J connectivity index is 1.73. The van der Waals surface area contributed by atoms with Crippen LogP contribution in [0.15, 0.2) is 41.4 Å². The maximum atomic E-state index is 6.02. The summed E-state index contributed by atoms with van der Waals surface area (Å²) in [6.45, 7) is 14.2. The summed E-state index contributed by atoms with van der Waals surface area (Å²) in [6, 6.07) is 8.57. The summed E-state index contributed by atoms with van der Waals surface area (Å²) in [7, 11) is 1.82. The van der Waals surface area contributed by atoms with Gasteiger partial charge in [0.05, 0.1) is 6.54 Å². The lowest BCUT2D eigenvalue weighted by molar-refractivity contribution is 0.216. The van der Waals surface area contributed by atoms with E-state index in [1.54, 1.807) is 0 Å². The maximum Gasteiger partial charge on any atom is 0.191 e. The zero-order valence-corrected chi connectivity index (χ0v) is 16.7. The van der Waals surface area contributed by atoms with Crippen LogP contribution in [0.4, 0.5) is 0 Å². The van der Waals surface area contributed by atoms with Gasteiger partial charge in [0.15, 0.2) is 5.96 Å². The highest BCUT2D eigenvalue weighted by Crippen LogP contribution is 2.17. The summed E-state index contributed by atoms with van der Waals surface area (Å²) in [5.41, 5.74) is 2.39. The van der Waals surface area contributed by atoms with E-state index in [2.05, 4.69) is 53.9 Å². The van der Waals surface area contributed by atoms with Gasteiger partial charge in [0, 0.05) is 32.7 Å². The van der Waals surface area contributed by atoms with E-state index in [4.69, 9.17) is 4.74 Å². The third-order valence-corrected chi connectivity index (χ3v) is 4.62. The highest BCUT2D eigenvalue weighted by atomic mass is 16.5. The lowest BCUT2D eigenvalue weighted by Crippen LogP contribution is -2.50. The topological polar surface area (TPSA) is 48.9 Å². The van der Waals surface area contributed by atoms with E-state index in [1.165, 1.54) is 5.57 Å². The van der Waals surface area contributed by atoms with Crippen molar-refractivity contribution in [1.82, 2.24) is 15.5 Å². The van der Waals surface area contributed by atoms with E-state index in [-0.39, 0.29) is 6.10 Å². The summed E-state index contributed by atoms with van der Waals surface area (Å²) < 4.78 is 6.02. The molecule has 0 spiro atoms. The highest BCUT2D eigenvalue weighted by Gasteiger charge is 2.20. The van der Waals surface area contributed by atoms with Crippen LogP contribution < -0.4 is 15.4 Å². The first-order valence-corrected chi connectivity index (χ1v) is 9.54. The van der Waals surface area contributed by atoms with Crippen LogP contribution in [0, 0.1) is 6.92 Å². The molecule has 1 unspecified atom stereocenters. The number of guanidine groups is 1. The van der Waals surface area contributed by atoms with Gasteiger partial charge in [0.2, 0.25) is 0 Å². The van der Waals surface area contributed by atoms with Gasteiger partial charge < -0.3 is 15.4 Å². The van der Waals surface area contributed by atoms with E-state index in [0.29, 0.717) is 12.6 Å². The number of para-hydroxylation sites is 1. The van der Waals surface area contributed by atoms with Crippen LogP contribution in [0.5, 0.6) is 5.75 Å². The molecular formula is C21H34N4O. The first-order valence-electron chi connectivity index (χ1n) is 9.54. The molecule has 0 aromatic heterocycles. The lowest BCUT2D eigenvalue weighted by atomic mass is 10.0. The molecule has 0 aliphatic carbocycles. The average Bonchev–Trinajstić information content (AvgIpc) is 2.61. The molecule has 1 fully saturated rings. The molecule has 0 bridgehead atoms. The smallest absolute Gasteiger partial charge is 0.191 e. The molecule has 2 rings (SSSR count). The standard InChI is InChI=1S/C21H34N4O/c1-16(2)15-25-12-10-19(11-13-25)24-21(22-5)23-14-18(4)26-20-9-7-6-8-17(20)3/h6-9,18-19H,1,10-15H2,2-5H3,(H2,22,23,24). The number of ether oxygens (including phenoxy) is 1. The number of benzene rings is 1. The van der Waals surface area contributed by atoms with Crippen molar-refractivity contribution in [1.29, 1.82) is 0 Å². The molecule has 1 saturated heterocycles. The van der Waals surface area contributed by atoms with Gasteiger partial charge in [-0.2, -0.15) is 0 Å². The predicted octanol–water partition coefficient (Wildman–Crippen LogP) is 2.97. The summed E-state index contributed by atoms with van der Waals surface area (Å²) in [5.74, 6) is 1.79. The maximum absolute atomic E-state index is 6.02. The molecule has 1 aromatic carbocycles. The van der Waals surface area contributed by atoms with Gasteiger partial charge in [-0.3, -0.25) is 9.89 Å². The second kappa shape index (κ2) is 10.2. The van der Waals surface area contributed by atoms with Crippen LogP contribution in [0.3, 0.4) is 0 Å². The minimum absolute atomic E-state index is 0.0621. The quantitative estimate of drug-likeness (QED) is 0.447. The number of likely N-dealkylation sites (tertiary alicyclic amines) is 1. The van der Waals surface area contributed by atoms with Gasteiger partial charge in [-0.15, -0.1) is 0 Å². The molecular weight excluding hydrogens is 324 g/mol. The van der Waals surface area contributed by atoms with Crippen molar-refractivity contribution in [3.8, 4) is 5.75 Å². The summed E-state index contributed by atoms with van der Waals surface area (Å²) in [4.78, 5) is 6.82. The van der Waals surface area contributed by atoms with Crippen LogP contribution in [-0.2, 0) is 0 Å². The van der Waals surface area contributed by atoms with Gasteiger partial charge in [0.25, 0.3) is 0 Å². The Morgan fingerprint density at radius 3 is 2.65 bits per heavy atom. The third-order valence-electron chi connectivity index (χ3n) is 4.62. The summed E-state index contributed by atoms with van der Waals surface area (Å²) in [5, 5.41) is 6.93. The van der Waals surface area contributed by atoms with Crippen molar-refractivity contribution in [2.24, 2.45) is 4.99 Å². The van der Waals surface area contributed by atoms with Crippen LogP contribution >= 0.6 is 0 Å². The van der Waals surface area contributed by atoms with Gasteiger partial charge in [-0.1, -0.05) is 30.4 Å². The summed E-state index contributed by atoms with van der Waals surface area (Å²) in [6.07, 6.45) is 2.32. The zero-order valence-electron chi connectivity index (χ0n) is 16.7. The minimum atomic E-state index is 0.0621. The average molecular weight is 359 g/mol. The molecule has 1 aromatic rings. The molecule has 0 amide bonds. The number of hydrogen-bond donors (Lipinski definition) is 2. The molecule has 0 saturated carbocycles. The molecule has 26 heavy (non-hydrogen) atoms. The molecule has 1 heterocycles. The van der Waals surface area contributed by atoms with E-state index in [9.17, 15) is 0 Å². The van der Waals surface area contributed by atoms with Crippen molar-refractivity contribution in [2.75, 3.05) is 33.2 Å². The molecule has 1 aliphatic rings. The highest BCUT2D eigenvalue weighted by molar-refractivity contribution is 5.80. The van der Waals surface area contributed by atoms with Crippen LogP contribution in [0.2, 0.25) is 0 Å².